The number of ether oxygens (including phenoxy) is 16. The van der Waals surface area contributed by atoms with Gasteiger partial charge in [-0.3, -0.25) is 30.2 Å². The maximum atomic E-state index is 15.1. The second kappa shape index (κ2) is 30.9. The molecule has 2 spiro atoms. The van der Waals surface area contributed by atoms with Crippen LogP contribution in [0.1, 0.15) is 159 Å². The summed E-state index contributed by atoms with van der Waals surface area (Å²) in [5.41, 5.74) is 10.9. The Morgan fingerprint density at radius 3 is 1.33 bits per heavy atom. The maximum absolute atomic E-state index is 15.1. The summed E-state index contributed by atoms with van der Waals surface area (Å²) in [5, 5.41) is 39.6. The van der Waals surface area contributed by atoms with Crippen LogP contribution < -0.4 is 72.2 Å². The number of piperazine rings is 2. The standard InChI is InChI=1S/C45H52N4O11S.C40H44N4O9S.2CH4/c1-21-13-24-14-26-27(17-46)49-28-18-56-42(50)45(25-16-29(52-7)30(15-23(25)11-12-47-45)59-43(51)60-44(3,4)5)19-61-41(33-32(28)40-38(57-20-58-40)22(2)37(33)54-9)35(49)34(48(26)6)31(24)39(55-10)36(21)53-8;1-18-10-21-11-23-24(14-41)44-25-15-51-39(46)40(22-13-27(47-4)26(45)12-20(22)8-9-42-40)16-54-38(30-29(25)37-35(52-17-53-37)19(2)34(30)49-6)32(44)31(43(23)3)28(21)36(50-7)33(18)48-5;;/h13,15-16,26-28,34-35,41,47H,11-12,14,18-20H2,1-10H3;10,12-13,23-25,31-32,38,42,45H,8-9,11,15-17H2,1-7H3;2*1H4/t26-,27-,28-,34+,35?,41+,45+;23-,24-,25-,31+,32?,38+,40+;;/m00../s1. The molecular weight excluding hydrogens is 1540 g/mol. The van der Waals surface area contributed by atoms with Crippen LogP contribution in [-0.4, -0.2) is 207 Å². The van der Waals surface area contributed by atoms with E-state index in [1.807, 2.05) is 27.7 Å². The Kier molecular flexibility index (Phi) is 21.8. The highest BCUT2D eigenvalue weighted by molar-refractivity contribution is 7.99. The van der Waals surface area contributed by atoms with Crippen LogP contribution in [0.5, 0.6) is 80.5 Å². The number of esters is 2. The monoisotopic (exact) mass is 1640 g/mol. The van der Waals surface area contributed by atoms with Gasteiger partial charge in [0.15, 0.2) is 80.1 Å². The van der Waals surface area contributed by atoms with Gasteiger partial charge in [-0.25, -0.2) is 14.4 Å². The van der Waals surface area contributed by atoms with Gasteiger partial charge in [-0.05, 0) is 157 Å². The van der Waals surface area contributed by atoms with Gasteiger partial charge in [0.2, 0.25) is 13.6 Å². The van der Waals surface area contributed by atoms with E-state index in [0.29, 0.717) is 107 Å². The van der Waals surface area contributed by atoms with Gasteiger partial charge >= 0.3 is 18.1 Å². The van der Waals surface area contributed by atoms with E-state index in [1.165, 1.54) is 14.2 Å². The number of hydrogen-bond acceptors (Lipinski definition) is 30. The zero-order valence-corrected chi connectivity index (χ0v) is 69.2. The van der Waals surface area contributed by atoms with Crippen molar-refractivity contribution in [2.45, 2.75) is 177 Å². The molecule has 0 aromatic heterocycles. The number of hydrogen-bond donors (Lipinski definition) is 3. The molecule has 14 aliphatic rings. The zero-order valence-electron chi connectivity index (χ0n) is 67.6. The number of benzene rings is 6. The second-order valence-corrected chi connectivity index (χ2v) is 34.6. The van der Waals surface area contributed by atoms with E-state index in [9.17, 15) is 25.2 Å². The van der Waals surface area contributed by atoms with E-state index in [4.69, 9.17) is 75.8 Å². The number of carbonyl (C=O) groups excluding carboxylic acids is 3. The summed E-state index contributed by atoms with van der Waals surface area (Å²) >= 11 is 3.23. The smallest absolute Gasteiger partial charge is 0.504 e. The summed E-state index contributed by atoms with van der Waals surface area (Å²) in [4.78, 5) is 51.9. The molecule has 14 atom stereocenters. The van der Waals surface area contributed by atoms with E-state index in [2.05, 4.69) is 68.6 Å². The lowest BCUT2D eigenvalue weighted by Gasteiger charge is -2.62. The third kappa shape index (κ3) is 12.3. The Morgan fingerprint density at radius 1 is 0.521 bits per heavy atom. The highest BCUT2D eigenvalue weighted by atomic mass is 32.2. The molecule has 14 aliphatic heterocycles. The molecule has 14 heterocycles. The average molecular weight is 1650 g/mol. The molecule has 0 aliphatic carbocycles. The fourth-order valence-corrected chi connectivity index (χ4v) is 24.5. The van der Waals surface area contributed by atoms with E-state index in [1.54, 1.807) is 111 Å². The minimum Gasteiger partial charge on any atom is -0.504 e. The fraction of sp³-hybridized carbons (Fsp3) is 0.529. The van der Waals surface area contributed by atoms with Crippen LogP contribution in [0.4, 0.5) is 4.79 Å². The highest BCUT2D eigenvalue weighted by Crippen LogP contribution is 2.68. The Bertz CT molecular complexity index is 5140. The van der Waals surface area contributed by atoms with E-state index < -0.39 is 64.2 Å². The summed E-state index contributed by atoms with van der Waals surface area (Å²) in [6.07, 6.45) is 1.51. The first-order valence-electron chi connectivity index (χ1n) is 38.7. The van der Waals surface area contributed by atoms with Crippen LogP contribution >= 0.6 is 23.5 Å². The quantitative estimate of drug-likeness (QED) is 0.0688. The van der Waals surface area contributed by atoms with Crippen molar-refractivity contribution in [2.75, 3.05) is 122 Å². The second-order valence-electron chi connectivity index (χ2n) is 32.3. The van der Waals surface area contributed by atoms with E-state index in [-0.39, 0.29) is 118 Å². The maximum Gasteiger partial charge on any atom is 0.514 e. The molecule has 0 radical (unpaired) electrons. The predicted molar refractivity (Wildman–Crippen MR) is 435 cm³/mol. The van der Waals surface area contributed by atoms with Crippen molar-refractivity contribution >= 4 is 41.6 Å². The van der Waals surface area contributed by atoms with Crippen molar-refractivity contribution in [1.82, 2.24) is 30.2 Å². The minimum absolute atomic E-state index is 0. The number of nitrogens with one attached hydrogen (secondary N) is 2. The first-order chi connectivity index (χ1) is 55.3. The van der Waals surface area contributed by atoms with Gasteiger partial charge < -0.3 is 80.9 Å². The van der Waals surface area contributed by atoms with Crippen LogP contribution in [0, 0.1) is 50.4 Å². The Labute approximate surface area is 691 Å². The van der Waals surface area contributed by atoms with Crippen molar-refractivity contribution in [2.24, 2.45) is 0 Å². The van der Waals surface area contributed by atoms with Crippen molar-refractivity contribution in [3.05, 3.63) is 125 Å². The minimum atomic E-state index is -1.35. The van der Waals surface area contributed by atoms with E-state index in [0.717, 1.165) is 77.9 Å². The summed E-state index contributed by atoms with van der Waals surface area (Å²) in [6.45, 7) is 14.1. The summed E-state index contributed by atoms with van der Waals surface area (Å²) < 4.78 is 97.5. The lowest BCUT2D eigenvalue weighted by atomic mass is 9.71. The zero-order chi connectivity index (χ0) is 81.1. The molecule has 4 saturated heterocycles. The summed E-state index contributed by atoms with van der Waals surface area (Å²) in [6, 6.07) is 12.7. The highest BCUT2D eigenvalue weighted by Gasteiger charge is 2.65. The van der Waals surface area contributed by atoms with Crippen LogP contribution in [-0.2, 0) is 60.6 Å². The molecule has 0 saturated carbocycles. The predicted octanol–water partition coefficient (Wildman–Crippen LogP) is 11.6. The molecule has 20 rings (SSSR count). The number of rotatable bonds is 9. The van der Waals surface area contributed by atoms with Gasteiger partial charge in [0, 0.05) is 93.3 Å². The largest absolute Gasteiger partial charge is 0.514 e. The molecule has 117 heavy (non-hydrogen) atoms. The van der Waals surface area contributed by atoms with Gasteiger partial charge in [0.1, 0.15) is 42.4 Å². The molecule has 6 aromatic carbocycles. The molecule has 2 unspecified atom stereocenters. The van der Waals surface area contributed by atoms with Gasteiger partial charge in [-0.15, -0.1) is 23.5 Å². The van der Waals surface area contributed by atoms with Gasteiger partial charge in [0.05, 0.1) is 104 Å². The number of aryl methyl sites for hydroxylation is 2. The van der Waals surface area contributed by atoms with Gasteiger partial charge in [-0.1, -0.05) is 27.0 Å². The molecule has 28 nitrogen and oxygen atoms in total. The Hall–Kier alpha value is -9.63. The van der Waals surface area contributed by atoms with Crippen LogP contribution in [0.25, 0.3) is 0 Å². The number of nitrogens with zero attached hydrogens (tertiary/aromatic N) is 6. The van der Waals surface area contributed by atoms with Gasteiger partial charge in [-0.2, -0.15) is 10.5 Å². The number of carbonyl (C=O) groups is 3. The number of fused-ring (bicyclic) bond motifs is 18. The van der Waals surface area contributed by atoms with Crippen molar-refractivity contribution in [1.29, 1.82) is 10.5 Å². The molecule has 8 bridgehead atoms. The van der Waals surface area contributed by atoms with Crippen LogP contribution in [0.2, 0.25) is 0 Å². The third-order valence-corrected chi connectivity index (χ3v) is 28.7. The Balaban J connectivity index is 0.000000181. The summed E-state index contributed by atoms with van der Waals surface area (Å²) in [7, 11) is 17.2. The fourth-order valence-electron chi connectivity index (χ4n) is 21.1. The Morgan fingerprint density at radius 2 is 0.932 bits per heavy atom. The SMILES string of the molecule is C.C.COc1cc2c(cc1O)CCN[C@]21CS[C@@H]2c3c(OC)c(C)c4c(c3[C@H](COC1=O)N1C2[C@H]2c3c(cc(C)c(OC)c3OC)C[C@@H]([C@@H]1C#N)N2C)OCO4.COc1cc2c(cc1OC(=O)OC(C)(C)C)CCN[C@]21CS[C@@H]2c3c(OC)c(C)c4c(c3[C@H](COC1=O)N1C2[C@H]2c3c(cc(C)c(OC)c3OC)C[C@@H]([C@@H]1C#N)N2C)OCO4. The topological polar surface area (TPSA) is 304 Å². The average Bonchev–Trinajstić information content (AvgIpc) is 1.45. The molecule has 624 valence electrons. The lowest BCUT2D eigenvalue weighted by Crippen LogP contribution is -2.69. The number of thioether (sulfide) groups is 2. The van der Waals surface area contributed by atoms with Gasteiger partial charge in [0.25, 0.3) is 0 Å². The summed E-state index contributed by atoms with van der Waals surface area (Å²) in [5.74, 6) is 6.71. The molecule has 30 heteroatoms. The first kappa shape index (κ1) is 82.5. The van der Waals surface area contributed by atoms with Crippen molar-refractivity contribution in [3.63, 3.8) is 0 Å². The molecule has 3 N–H and O–H groups in total. The lowest BCUT2D eigenvalue weighted by molar-refractivity contribution is -0.158. The number of phenolic OH excluding ortho intramolecular Hbond substituents is 1. The number of phenols is 1. The first-order valence-corrected chi connectivity index (χ1v) is 40.8. The van der Waals surface area contributed by atoms with E-state index >= 15 is 4.79 Å². The third-order valence-electron chi connectivity index (χ3n) is 25.7. The van der Waals surface area contributed by atoms with Crippen molar-refractivity contribution in [3.8, 4) is 92.6 Å². The number of methoxy groups -OCH3 is 8. The van der Waals surface area contributed by atoms with Crippen molar-refractivity contribution < 1.29 is 95.3 Å². The normalized spacial score (nSPS) is 27.8. The molecule has 4 fully saturated rings. The molecule has 6 aromatic rings. The van der Waals surface area contributed by atoms with Crippen LogP contribution in [0.3, 0.4) is 0 Å². The number of likely N-dealkylation sites (N-methyl/N-ethyl adjacent to an activating group) is 2. The van der Waals surface area contributed by atoms with Crippen LogP contribution in [0.15, 0.2) is 36.4 Å². The number of aromatic hydroxyl groups is 1. The number of nitriles is 2. The molecule has 0 amide bonds. The molecular formula is C87H104N8O20S2.